The second-order valence-corrected chi connectivity index (χ2v) is 4.99. The third kappa shape index (κ3) is 4.20. The summed E-state index contributed by atoms with van der Waals surface area (Å²) in [5.74, 6) is -0.395. The van der Waals surface area contributed by atoms with Gasteiger partial charge >= 0.3 is 12.0 Å². The first-order valence-corrected chi connectivity index (χ1v) is 6.86. The lowest BCUT2D eigenvalue weighted by molar-refractivity contribution is -0.139. The van der Waals surface area contributed by atoms with Crippen molar-refractivity contribution < 1.29 is 14.7 Å². The van der Waals surface area contributed by atoms with Crippen molar-refractivity contribution in [1.82, 2.24) is 10.2 Å². The minimum Gasteiger partial charge on any atom is -0.480 e. The number of hydrogen-bond donors (Lipinski definition) is 2. The molecule has 2 amide bonds. The van der Waals surface area contributed by atoms with E-state index in [2.05, 4.69) is 12.2 Å². The second-order valence-electron chi connectivity index (χ2n) is 4.99. The van der Waals surface area contributed by atoms with Gasteiger partial charge in [-0.3, -0.25) is 0 Å². The molecule has 2 atom stereocenters. The topological polar surface area (TPSA) is 69.6 Å². The lowest BCUT2D eigenvalue weighted by atomic mass is 9.96. The van der Waals surface area contributed by atoms with Crippen LogP contribution < -0.4 is 5.32 Å². The summed E-state index contributed by atoms with van der Waals surface area (Å²) in [6, 6.07) is -0.987. The quantitative estimate of drug-likeness (QED) is 0.791. The van der Waals surface area contributed by atoms with Crippen LogP contribution in [0.1, 0.15) is 46.0 Å². The van der Waals surface area contributed by atoms with E-state index in [4.69, 9.17) is 5.11 Å². The van der Waals surface area contributed by atoms with Gasteiger partial charge in [-0.25, -0.2) is 9.59 Å². The number of amides is 2. The second kappa shape index (κ2) is 7.24. The number of nitrogens with zero attached hydrogens (tertiary/aromatic N) is 1. The van der Waals surface area contributed by atoms with Gasteiger partial charge in [-0.1, -0.05) is 26.7 Å². The Morgan fingerprint density at radius 1 is 1.44 bits per heavy atom. The number of carbonyl (C=O) groups excluding carboxylic acids is 1. The van der Waals surface area contributed by atoms with Gasteiger partial charge in [0.05, 0.1) is 0 Å². The van der Waals surface area contributed by atoms with Crippen molar-refractivity contribution in [2.24, 2.45) is 5.92 Å². The number of hydrogen-bond acceptors (Lipinski definition) is 2. The Kier molecular flexibility index (Phi) is 5.95. The van der Waals surface area contributed by atoms with Crippen molar-refractivity contribution in [3.63, 3.8) is 0 Å². The first-order valence-electron chi connectivity index (χ1n) is 6.86. The number of aliphatic carboxylic acids is 1. The maximum Gasteiger partial charge on any atom is 0.326 e. The predicted octanol–water partition coefficient (Wildman–Crippen LogP) is 2.07. The molecule has 1 saturated heterocycles. The van der Waals surface area contributed by atoms with Crippen LogP contribution in [0.4, 0.5) is 4.79 Å². The first-order chi connectivity index (χ1) is 8.58. The fourth-order valence-corrected chi connectivity index (χ4v) is 2.37. The van der Waals surface area contributed by atoms with Crippen LogP contribution in [0, 0.1) is 5.92 Å². The standard InChI is InChI=1S/C13H24N2O3/c1-3-6-11(12(16)17)14-13(18)15-8-5-7-10(4-2)9-15/h10-11H,3-9H2,1-2H3,(H,14,18)(H,16,17)/t10?,11-/m0/s1. The molecule has 0 saturated carbocycles. The fourth-order valence-electron chi connectivity index (χ4n) is 2.37. The Bertz CT molecular complexity index is 294. The summed E-state index contributed by atoms with van der Waals surface area (Å²) in [6.45, 7) is 5.53. The summed E-state index contributed by atoms with van der Waals surface area (Å²) >= 11 is 0. The SMILES string of the molecule is CCC[C@H](NC(=O)N1CCCC(CC)C1)C(=O)O. The molecule has 0 aromatic carbocycles. The molecule has 104 valence electrons. The third-order valence-electron chi connectivity index (χ3n) is 3.56. The summed E-state index contributed by atoms with van der Waals surface area (Å²) in [6.07, 6.45) is 4.47. The summed E-state index contributed by atoms with van der Waals surface area (Å²) in [5, 5.41) is 11.6. The molecule has 1 heterocycles. The highest BCUT2D eigenvalue weighted by Gasteiger charge is 2.26. The van der Waals surface area contributed by atoms with Crippen molar-refractivity contribution >= 4 is 12.0 Å². The van der Waals surface area contributed by atoms with Gasteiger partial charge in [0, 0.05) is 13.1 Å². The van der Waals surface area contributed by atoms with Crippen LogP contribution in [-0.4, -0.2) is 41.1 Å². The van der Waals surface area contributed by atoms with E-state index in [1.807, 2.05) is 6.92 Å². The first kappa shape index (κ1) is 14.8. The van der Waals surface area contributed by atoms with Gasteiger partial charge in [0.2, 0.25) is 0 Å². The molecule has 0 aromatic rings. The molecule has 0 spiro atoms. The van der Waals surface area contributed by atoms with Gasteiger partial charge in [-0.2, -0.15) is 0 Å². The summed E-state index contributed by atoms with van der Waals surface area (Å²) in [4.78, 5) is 24.7. The van der Waals surface area contributed by atoms with Crippen LogP contribution in [0.3, 0.4) is 0 Å². The van der Waals surface area contributed by atoms with E-state index in [0.717, 1.165) is 38.8 Å². The highest BCUT2D eigenvalue weighted by atomic mass is 16.4. The van der Waals surface area contributed by atoms with Crippen LogP contribution in [0.5, 0.6) is 0 Å². The molecule has 1 aliphatic rings. The van der Waals surface area contributed by atoms with Crippen molar-refractivity contribution in [1.29, 1.82) is 0 Å². The average molecular weight is 256 g/mol. The molecule has 5 nitrogen and oxygen atoms in total. The summed E-state index contributed by atoms with van der Waals surface area (Å²) in [5.41, 5.74) is 0. The molecule has 0 bridgehead atoms. The predicted molar refractivity (Wildman–Crippen MR) is 69.5 cm³/mol. The number of carboxylic acids is 1. The normalized spacial score (nSPS) is 21.4. The van der Waals surface area contributed by atoms with E-state index >= 15 is 0 Å². The third-order valence-corrected chi connectivity index (χ3v) is 3.56. The zero-order chi connectivity index (χ0) is 13.5. The van der Waals surface area contributed by atoms with E-state index < -0.39 is 12.0 Å². The van der Waals surface area contributed by atoms with E-state index in [-0.39, 0.29) is 6.03 Å². The lowest BCUT2D eigenvalue weighted by Crippen LogP contribution is -2.50. The van der Waals surface area contributed by atoms with Crippen LogP contribution in [-0.2, 0) is 4.79 Å². The van der Waals surface area contributed by atoms with Gasteiger partial charge in [0.1, 0.15) is 6.04 Å². The van der Waals surface area contributed by atoms with Crippen LogP contribution in [0.2, 0.25) is 0 Å². The van der Waals surface area contributed by atoms with Crippen molar-refractivity contribution in [3.8, 4) is 0 Å². The number of piperidine rings is 1. The molecule has 18 heavy (non-hydrogen) atoms. The number of likely N-dealkylation sites (tertiary alicyclic amines) is 1. The van der Waals surface area contributed by atoms with Crippen molar-refractivity contribution in [2.45, 2.75) is 52.0 Å². The number of carboxylic acid groups (broad SMARTS) is 1. The molecular formula is C13H24N2O3. The van der Waals surface area contributed by atoms with Crippen LogP contribution in [0.15, 0.2) is 0 Å². The van der Waals surface area contributed by atoms with Crippen LogP contribution in [0.25, 0.3) is 0 Å². The Balaban J connectivity index is 2.50. The zero-order valence-electron chi connectivity index (χ0n) is 11.3. The van der Waals surface area contributed by atoms with E-state index in [9.17, 15) is 9.59 Å². The number of carbonyl (C=O) groups is 2. The van der Waals surface area contributed by atoms with Crippen molar-refractivity contribution in [3.05, 3.63) is 0 Å². The Labute approximate surface area is 109 Å². The van der Waals surface area contributed by atoms with Gasteiger partial charge in [-0.15, -0.1) is 0 Å². The molecule has 0 radical (unpaired) electrons. The number of urea groups is 1. The summed E-state index contributed by atoms with van der Waals surface area (Å²) < 4.78 is 0. The molecule has 1 aliphatic heterocycles. The van der Waals surface area contributed by atoms with Gasteiger partial charge in [-0.05, 0) is 25.2 Å². The zero-order valence-corrected chi connectivity index (χ0v) is 11.3. The van der Waals surface area contributed by atoms with Gasteiger partial charge in [0.15, 0.2) is 0 Å². The van der Waals surface area contributed by atoms with E-state index in [0.29, 0.717) is 12.3 Å². The Morgan fingerprint density at radius 3 is 2.72 bits per heavy atom. The molecule has 0 aromatic heterocycles. The molecule has 1 fully saturated rings. The van der Waals surface area contributed by atoms with Crippen molar-refractivity contribution in [2.75, 3.05) is 13.1 Å². The molecule has 1 unspecified atom stereocenters. The maximum atomic E-state index is 12.0. The van der Waals surface area contributed by atoms with Crippen LogP contribution >= 0.6 is 0 Å². The molecular weight excluding hydrogens is 232 g/mol. The smallest absolute Gasteiger partial charge is 0.326 e. The minimum atomic E-state index is -0.950. The fraction of sp³-hybridized carbons (Fsp3) is 0.846. The minimum absolute atomic E-state index is 0.228. The monoisotopic (exact) mass is 256 g/mol. The highest BCUT2D eigenvalue weighted by molar-refractivity contribution is 5.82. The number of nitrogens with one attached hydrogen (secondary N) is 1. The van der Waals surface area contributed by atoms with Gasteiger partial charge in [0.25, 0.3) is 0 Å². The lowest BCUT2D eigenvalue weighted by Gasteiger charge is -2.33. The Morgan fingerprint density at radius 2 is 2.17 bits per heavy atom. The Hall–Kier alpha value is -1.26. The molecule has 2 N–H and O–H groups in total. The molecule has 5 heteroatoms. The van der Waals surface area contributed by atoms with E-state index in [1.54, 1.807) is 4.90 Å². The molecule has 1 rings (SSSR count). The summed E-state index contributed by atoms with van der Waals surface area (Å²) in [7, 11) is 0. The van der Waals surface area contributed by atoms with E-state index in [1.165, 1.54) is 0 Å². The highest BCUT2D eigenvalue weighted by Crippen LogP contribution is 2.19. The average Bonchev–Trinajstić information content (AvgIpc) is 2.38. The number of rotatable bonds is 5. The largest absolute Gasteiger partial charge is 0.480 e. The maximum absolute atomic E-state index is 12.0. The van der Waals surface area contributed by atoms with Gasteiger partial charge < -0.3 is 15.3 Å². The molecule has 0 aliphatic carbocycles.